The SMILES string of the molecule is Nc1cc(-n2cc(C(=O)O)c(=O)c3cc(F)c(N4CC(N)C4)c(Cl)c32)c(F)cc1Cl. The van der Waals surface area contributed by atoms with Crippen LogP contribution in [0.5, 0.6) is 0 Å². The van der Waals surface area contributed by atoms with Crippen LogP contribution in [0.25, 0.3) is 16.6 Å². The van der Waals surface area contributed by atoms with Gasteiger partial charge in [-0.15, -0.1) is 0 Å². The summed E-state index contributed by atoms with van der Waals surface area (Å²) in [5.74, 6) is -3.22. The number of benzene rings is 2. The van der Waals surface area contributed by atoms with Crippen LogP contribution >= 0.6 is 23.2 Å². The van der Waals surface area contributed by atoms with Crippen LogP contribution in [-0.2, 0) is 0 Å². The zero-order valence-corrected chi connectivity index (χ0v) is 16.6. The molecule has 3 aromatic rings. The Bertz CT molecular complexity index is 1290. The zero-order valence-electron chi connectivity index (χ0n) is 15.1. The standard InChI is InChI=1S/C19H14Cl2F2N4O3/c20-10-2-11(22)14(3-13(10)25)27-6-9(19(29)30)18(28)8-1-12(23)17(15(21)16(8)27)26-4-7(24)5-26/h1-3,6-7H,4-5,24-25H2,(H,29,30). The fraction of sp³-hybridized carbons (Fsp3) is 0.158. The number of anilines is 2. The lowest BCUT2D eigenvalue weighted by Gasteiger charge is -2.39. The quantitative estimate of drug-likeness (QED) is 0.524. The van der Waals surface area contributed by atoms with E-state index in [1.165, 1.54) is 6.07 Å². The van der Waals surface area contributed by atoms with Gasteiger partial charge in [0.2, 0.25) is 5.43 Å². The Labute approximate surface area is 178 Å². The molecule has 1 aliphatic heterocycles. The number of fused-ring (bicyclic) bond motifs is 1. The molecule has 5 N–H and O–H groups in total. The third-order valence-corrected chi connectivity index (χ3v) is 5.62. The van der Waals surface area contributed by atoms with Crippen LogP contribution in [0.4, 0.5) is 20.2 Å². The predicted molar refractivity (Wildman–Crippen MR) is 111 cm³/mol. The highest BCUT2D eigenvalue weighted by molar-refractivity contribution is 6.38. The van der Waals surface area contributed by atoms with Crippen molar-refractivity contribution in [3.8, 4) is 5.69 Å². The number of aromatic carboxylic acids is 1. The molecule has 0 aliphatic carbocycles. The lowest BCUT2D eigenvalue weighted by atomic mass is 10.0. The molecule has 156 valence electrons. The van der Waals surface area contributed by atoms with Crippen LogP contribution < -0.4 is 21.8 Å². The minimum Gasteiger partial charge on any atom is -0.477 e. The van der Waals surface area contributed by atoms with Gasteiger partial charge < -0.3 is 26.0 Å². The number of hydrogen-bond donors (Lipinski definition) is 3. The third kappa shape index (κ3) is 3.06. The number of halogens is 4. The molecule has 0 bridgehead atoms. The van der Waals surface area contributed by atoms with Gasteiger partial charge in [-0.3, -0.25) is 4.79 Å². The number of carboxylic acids is 1. The van der Waals surface area contributed by atoms with E-state index >= 15 is 0 Å². The summed E-state index contributed by atoms with van der Waals surface area (Å²) in [6, 6.07) is 2.85. The van der Waals surface area contributed by atoms with Gasteiger partial charge in [0.15, 0.2) is 0 Å². The second kappa shape index (κ2) is 7.12. The number of nitrogens with two attached hydrogens (primary N) is 2. The van der Waals surface area contributed by atoms with Crippen LogP contribution in [0.1, 0.15) is 10.4 Å². The van der Waals surface area contributed by atoms with E-state index in [1.807, 2.05) is 0 Å². The van der Waals surface area contributed by atoms with E-state index in [4.69, 9.17) is 34.7 Å². The summed E-state index contributed by atoms with van der Waals surface area (Å²) < 4.78 is 30.7. The van der Waals surface area contributed by atoms with E-state index in [0.29, 0.717) is 13.1 Å². The second-order valence-corrected chi connectivity index (χ2v) is 7.74. The summed E-state index contributed by atoms with van der Waals surface area (Å²) >= 11 is 12.3. The van der Waals surface area contributed by atoms with Crippen LogP contribution in [0.2, 0.25) is 10.0 Å². The Morgan fingerprint density at radius 3 is 2.43 bits per heavy atom. The van der Waals surface area contributed by atoms with Crippen LogP contribution in [0, 0.1) is 11.6 Å². The van der Waals surface area contributed by atoms with Gasteiger partial charge in [0.25, 0.3) is 0 Å². The maximum Gasteiger partial charge on any atom is 0.341 e. The highest BCUT2D eigenvalue weighted by Gasteiger charge is 2.30. The molecule has 11 heteroatoms. The first-order chi connectivity index (χ1) is 14.1. The first-order valence-corrected chi connectivity index (χ1v) is 9.41. The molecule has 1 fully saturated rings. The van der Waals surface area contributed by atoms with Crippen molar-refractivity contribution in [1.29, 1.82) is 0 Å². The van der Waals surface area contributed by atoms with Crippen LogP contribution in [0.15, 0.2) is 29.2 Å². The van der Waals surface area contributed by atoms with Crippen molar-refractivity contribution in [2.24, 2.45) is 5.73 Å². The van der Waals surface area contributed by atoms with E-state index in [0.717, 1.165) is 22.9 Å². The average molecular weight is 455 g/mol. The van der Waals surface area contributed by atoms with Crippen molar-refractivity contribution >= 4 is 51.4 Å². The molecule has 30 heavy (non-hydrogen) atoms. The first-order valence-electron chi connectivity index (χ1n) is 8.66. The van der Waals surface area contributed by atoms with Gasteiger partial charge in [0.05, 0.1) is 38.0 Å². The normalized spacial score (nSPS) is 14.2. The molecular formula is C19H14Cl2F2N4O3. The molecule has 0 amide bonds. The molecule has 0 atom stereocenters. The van der Waals surface area contributed by atoms with E-state index in [1.54, 1.807) is 4.90 Å². The van der Waals surface area contributed by atoms with Crippen molar-refractivity contribution in [2.75, 3.05) is 23.7 Å². The number of aromatic nitrogens is 1. The van der Waals surface area contributed by atoms with Gasteiger partial charge >= 0.3 is 5.97 Å². The molecule has 0 radical (unpaired) electrons. The Morgan fingerprint density at radius 1 is 1.17 bits per heavy atom. The Balaban J connectivity index is 2.14. The first kappa shape index (κ1) is 20.4. The summed E-state index contributed by atoms with van der Waals surface area (Å²) in [6.45, 7) is 0.670. The van der Waals surface area contributed by atoms with Gasteiger partial charge in [-0.1, -0.05) is 23.2 Å². The summed E-state index contributed by atoms with van der Waals surface area (Å²) in [4.78, 5) is 25.9. The maximum absolute atomic E-state index is 14.8. The topological polar surface area (TPSA) is 115 Å². The number of nitrogen functional groups attached to an aromatic ring is 1. The van der Waals surface area contributed by atoms with E-state index in [2.05, 4.69) is 0 Å². The van der Waals surface area contributed by atoms with E-state index in [-0.39, 0.29) is 44.1 Å². The summed E-state index contributed by atoms with van der Waals surface area (Å²) in [5, 5.41) is 8.87. The molecule has 1 aromatic heterocycles. The summed E-state index contributed by atoms with van der Waals surface area (Å²) in [6.07, 6.45) is 0.925. The molecule has 2 heterocycles. The van der Waals surface area contributed by atoms with Gasteiger partial charge in [-0.2, -0.15) is 0 Å². The Hall–Kier alpha value is -2.88. The number of hydrogen-bond acceptors (Lipinski definition) is 5. The smallest absolute Gasteiger partial charge is 0.341 e. The highest BCUT2D eigenvalue weighted by Crippen LogP contribution is 2.39. The molecule has 7 nitrogen and oxygen atoms in total. The summed E-state index contributed by atoms with van der Waals surface area (Å²) in [7, 11) is 0. The van der Waals surface area contributed by atoms with Crippen molar-refractivity contribution in [2.45, 2.75) is 6.04 Å². The predicted octanol–water partition coefficient (Wildman–Crippen LogP) is 3.00. The average Bonchev–Trinajstić information content (AvgIpc) is 2.64. The largest absolute Gasteiger partial charge is 0.477 e. The van der Waals surface area contributed by atoms with Crippen molar-refractivity contribution in [3.63, 3.8) is 0 Å². The lowest BCUT2D eigenvalue weighted by Crippen LogP contribution is -2.56. The number of nitrogens with zero attached hydrogens (tertiary/aromatic N) is 2. The fourth-order valence-electron chi connectivity index (χ4n) is 3.47. The minimum atomic E-state index is -1.56. The number of rotatable bonds is 3. The fourth-order valence-corrected chi connectivity index (χ4v) is 4.02. The molecule has 0 unspecified atom stereocenters. The van der Waals surface area contributed by atoms with Crippen LogP contribution in [0.3, 0.4) is 0 Å². The van der Waals surface area contributed by atoms with Gasteiger partial charge in [-0.25, -0.2) is 13.6 Å². The molecule has 2 aromatic carbocycles. The van der Waals surface area contributed by atoms with Crippen molar-refractivity contribution < 1.29 is 18.7 Å². The van der Waals surface area contributed by atoms with Gasteiger partial charge in [0.1, 0.15) is 17.2 Å². The molecule has 1 saturated heterocycles. The van der Waals surface area contributed by atoms with Crippen LogP contribution in [-0.4, -0.2) is 34.8 Å². The van der Waals surface area contributed by atoms with Gasteiger partial charge in [0, 0.05) is 25.3 Å². The third-order valence-electron chi connectivity index (χ3n) is 4.94. The van der Waals surface area contributed by atoms with E-state index < -0.39 is 28.6 Å². The maximum atomic E-state index is 14.8. The molecule has 0 saturated carbocycles. The number of carbonyl (C=O) groups is 1. The second-order valence-electron chi connectivity index (χ2n) is 6.95. The Morgan fingerprint density at radius 2 is 1.83 bits per heavy atom. The number of carboxylic acid groups (broad SMARTS) is 1. The zero-order chi connectivity index (χ0) is 21.9. The lowest BCUT2D eigenvalue weighted by molar-refractivity contribution is 0.0695. The Kier molecular flexibility index (Phi) is 4.84. The number of pyridine rings is 1. The summed E-state index contributed by atoms with van der Waals surface area (Å²) in [5.41, 5.74) is 9.64. The van der Waals surface area contributed by atoms with Gasteiger partial charge in [-0.05, 0) is 18.2 Å². The molecular weight excluding hydrogens is 441 g/mol. The van der Waals surface area contributed by atoms with Crippen molar-refractivity contribution in [3.05, 3.63) is 61.9 Å². The minimum absolute atomic E-state index is 0.00978. The van der Waals surface area contributed by atoms with E-state index in [9.17, 15) is 23.5 Å². The van der Waals surface area contributed by atoms with Crippen molar-refractivity contribution in [1.82, 2.24) is 4.57 Å². The molecule has 0 spiro atoms. The monoisotopic (exact) mass is 454 g/mol. The molecule has 1 aliphatic rings. The highest BCUT2D eigenvalue weighted by atomic mass is 35.5. The molecule has 4 rings (SSSR count).